The molecule has 0 spiro atoms. The van der Waals surface area contributed by atoms with Crippen molar-refractivity contribution in [2.45, 2.75) is 25.0 Å². The SMILES string of the molecule is [C-]#[N+]c1ccnc(Oc2ccc(F)c([C@]34CO[C@@H](C)C[C@H]3C(=O)N(C)C(N)=N4)c2)c1. The van der Waals surface area contributed by atoms with Gasteiger partial charge in [-0.1, -0.05) is 0 Å². The molecular formula is C21H20FN5O3. The number of hydrogen-bond acceptors (Lipinski definition) is 6. The van der Waals surface area contributed by atoms with Crippen LogP contribution in [-0.4, -0.2) is 41.5 Å². The van der Waals surface area contributed by atoms with E-state index in [9.17, 15) is 4.79 Å². The van der Waals surface area contributed by atoms with Crippen LogP contribution < -0.4 is 10.5 Å². The van der Waals surface area contributed by atoms with Crippen LogP contribution in [0.1, 0.15) is 18.9 Å². The number of carbonyl (C=O) groups is 1. The van der Waals surface area contributed by atoms with Gasteiger partial charge < -0.3 is 15.2 Å². The average Bonchev–Trinajstić information content (AvgIpc) is 2.74. The normalized spacial score (nSPS) is 25.9. The molecule has 1 aromatic carbocycles. The van der Waals surface area contributed by atoms with Gasteiger partial charge in [0.05, 0.1) is 25.2 Å². The highest BCUT2D eigenvalue weighted by atomic mass is 19.1. The van der Waals surface area contributed by atoms with E-state index in [4.69, 9.17) is 21.8 Å². The zero-order valence-electron chi connectivity index (χ0n) is 16.5. The molecule has 2 aliphatic rings. The zero-order valence-corrected chi connectivity index (χ0v) is 16.5. The van der Waals surface area contributed by atoms with Crippen LogP contribution >= 0.6 is 0 Å². The van der Waals surface area contributed by atoms with Crippen LogP contribution in [-0.2, 0) is 15.1 Å². The summed E-state index contributed by atoms with van der Waals surface area (Å²) in [4.78, 5) is 26.2. The van der Waals surface area contributed by atoms with Crippen LogP contribution in [0.4, 0.5) is 10.1 Å². The Morgan fingerprint density at radius 3 is 2.97 bits per heavy atom. The number of amides is 1. The van der Waals surface area contributed by atoms with E-state index in [1.807, 2.05) is 6.92 Å². The third-order valence-corrected chi connectivity index (χ3v) is 5.49. The molecule has 154 valence electrons. The summed E-state index contributed by atoms with van der Waals surface area (Å²) in [6.07, 6.45) is 1.68. The minimum absolute atomic E-state index is 0.00606. The third-order valence-electron chi connectivity index (χ3n) is 5.49. The summed E-state index contributed by atoms with van der Waals surface area (Å²) >= 11 is 0. The monoisotopic (exact) mass is 409 g/mol. The second-order valence-corrected chi connectivity index (χ2v) is 7.41. The maximum absolute atomic E-state index is 15.0. The fourth-order valence-electron chi connectivity index (χ4n) is 3.88. The number of ether oxygens (including phenoxy) is 2. The molecule has 2 N–H and O–H groups in total. The van der Waals surface area contributed by atoms with E-state index in [0.29, 0.717) is 17.9 Å². The summed E-state index contributed by atoms with van der Waals surface area (Å²) in [6.45, 7) is 8.99. The second-order valence-electron chi connectivity index (χ2n) is 7.41. The van der Waals surface area contributed by atoms with Crippen molar-refractivity contribution < 1.29 is 18.7 Å². The van der Waals surface area contributed by atoms with Gasteiger partial charge in [0.2, 0.25) is 11.8 Å². The molecule has 2 aromatic rings. The van der Waals surface area contributed by atoms with Crippen LogP contribution in [0.5, 0.6) is 11.6 Å². The first-order valence-electron chi connectivity index (χ1n) is 9.40. The number of nitrogens with two attached hydrogens (primary N) is 1. The lowest BCUT2D eigenvalue weighted by Crippen LogP contribution is -2.59. The molecule has 1 amide bonds. The molecule has 0 radical (unpaired) electrons. The number of pyridine rings is 1. The number of halogens is 1. The van der Waals surface area contributed by atoms with Crippen molar-refractivity contribution in [3.8, 4) is 11.6 Å². The van der Waals surface area contributed by atoms with E-state index in [1.54, 1.807) is 13.1 Å². The second kappa shape index (κ2) is 7.39. The molecule has 0 bridgehead atoms. The Bertz CT molecular complexity index is 1080. The Morgan fingerprint density at radius 2 is 2.20 bits per heavy atom. The molecular weight excluding hydrogens is 389 g/mol. The lowest BCUT2D eigenvalue weighted by atomic mass is 9.72. The van der Waals surface area contributed by atoms with Crippen molar-refractivity contribution in [1.29, 1.82) is 0 Å². The van der Waals surface area contributed by atoms with Gasteiger partial charge in [-0.3, -0.25) is 9.69 Å². The molecule has 0 aliphatic carbocycles. The topological polar surface area (TPSA) is 94.4 Å². The Labute approximate surface area is 172 Å². The van der Waals surface area contributed by atoms with Crippen molar-refractivity contribution in [2.24, 2.45) is 16.6 Å². The summed E-state index contributed by atoms with van der Waals surface area (Å²) in [5, 5.41) is 0. The predicted molar refractivity (Wildman–Crippen MR) is 107 cm³/mol. The van der Waals surface area contributed by atoms with Crippen molar-refractivity contribution in [3.63, 3.8) is 0 Å². The van der Waals surface area contributed by atoms with Crippen LogP contribution in [0.25, 0.3) is 4.85 Å². The molecule has 4 rings (SSSR count). The van der Waals surface area contributed by atoms with Crippen LogP contribution in [0, 0.1) is 18.3 Å². The molecule has 2 aliphatic heterocycles. The molecule has 1 fully saturated rings. The molecule has 3 atom stereocenters. The highest BCUT2D eigenvalue weighted by Crippen LogP contribution is 2.46. The van der Waals surface area contributed by atoms with Gasteiger partial charge in [-0.25, -0.2) is 19.2 Å². The Balaban J connectivity index is 1.79. The third kappa shape index (κ3) is 3.25. The summed E-state index contributed by atoms with van der Waals surface area (Å²) < 4.78 is 26.6. The zero-order chi connectivity index (χ0) is 21.5. The predicted octanol–water partition coefficient (Wildman–Crippen LogP) is 2.97. The number of aromatic nitrogens is 1. The first kappa shape index (κ1) is 19.8. The molecule has 1 saturated heterocycles. The molecule has 8 nitrogen and oxygen atoms in total. The summed E-state index contributed by atoms with van der Waals surface area (Å²) in [7, 11) is 1.55. The smallest absolute Gasteiger partial charge is 0.235 e. The average molecular weight is 409 g/mol. The summed E-state index contributed by atoms with van der Waals surface area (Å²) in [5.41, 5.74) is 5.24. The molecule has 0 unspecified atom stereocenters. The fourth-order valence-corrected chi connectivity index (χ4v) is 3.88. The quantitative estimate of drug-likeness (QED) is 0.787. The number of benzene rings is 1. The van der Waals surface area contributed by atoms with Crippen LogP contribution in [0.15, 0.2) is 41.5 Å². The number of carbonyl (C=O) groups excluding carboxylic acids is 1. The lowest BCUT2D eigenvalue weighted by Gasteiger charge is -2.46. The van der Waals surface area contributed by atoms with Crippen molar-refractivity contribution in [2.75, 3.05) is 13.7 Å². The molecule has 0 saturated carbocycles. The van der Waals surface area contributed by atoms with E-state index < -0.39 is 17.3 Å². The number of nitrogens with zero attached hydrogens (tertiary/aromatic N) is 4. The van der Waals surface area contributed by atoms with E-state index in [-0.39, 0.29) is 36.0 Å². The minimum atomic E-state index is -1.28. The van der Waals surface area contributed by atoms with Gasteiger partial charge in [0.1, 0.15) is 17.1 Å². The summed E-state index contributed by atoms with van der Waals surface area (Å²) in [6, 6.07) is 7.23. The van der Waals surface area contributed by atoms with Crippen LogP contribution in [0.3, 0.4) is 0 Å². The highest BCUT2D eigenvalue weighted by molar-refractivity contribution is 6.00. The molecule has 3 heterocycles. The first-order chi connectivity index (χ1) is 14.3. The van der Waals surface area contributed by atoms with E-state index >= 15 is 4.39 Å². The van der Waals surface area contributed by atoms with Gasteiger partial charge >= 0.3 is 0 Å². The Hall–Kier alpha value is -3.51. The molecule has 30 heavy (non-hydrogen) atoms. The number of aliphatic imine (C=N–C) groups is 1. The van der Waals surface area contributed by atoms with E-state index in [0.717, 1.165) is 0 Å². The Kier molecular flexibility index (Phi) is 4.87. The van der Waals surface area contributed by atoms with Gasteiger partial charge in [0, 0.05) is 24.9 Å². The lowest BCUT2D eigenvalue weighted by molar-refractivity contribution is -0.144. The van der Waals surface area contributed by atoms with Gasteiger partial charge in [-0.2, -0.15) is 0 Å². The highest BCUT2D eigenvalue weighted by Gasteiger charge is 2.54. The van der Waals surface area contributed by atoms with E-state index in [2.05, 4.69) is 14.8 Å². The van der Waals surface area contributed by atoms with Crippen molar-refractivity contribution in [3.05, 3.63) is 59.3 Å². The standard InChI is InChI=1S/C21H20FN5O3/c1-12-8-16-19(28)27(3)20(23)26-21(16,11-29-12)15-10-14(4-5-17(15)22)30-18-9-13(24-2)6-7-25-18/h4-7,9-10,12,16H,8,11H2,1,3H3,(H2,23,26)/t12-,16-,21+/m0/s1. The van der Waals surface area contributed by atoms with Gasteiger partial charge in [0.15, 0.2) is 11.6 Å². The first-order valence-corrected chi connectivity index (χ1v) is 9.40. The number of hydrogen-bond donors (Lipinski definition) is 1. The van der Waals surface area contributed by atoms with Gasteiger partial charge in [0.25, 0.3) is 0 Å². The number of fused-ring (bicyclic) bond motifs is 1. The molecule has 1 aromatic heterocycles. The molecule has 9 heteroatoms. The number of guanidine groups is 1. The van der Waals surface area contributed by atoms with E-state index in [1.165, 1.54) is 35.4 Å². The largest absolute Gasteiger partial charge is 0.440 e. The van der Waals surface area contributed by atoms with Crippen molar-refractivity contribution >= 4 is 17.6 Å². The van der Waals surface area contributed by atoms with Crippen molar-refractivity contribution in [1.82, 2.24) is 9.88 Å². The van der Waals surface area contributed by atoms with Gasteiger partial charge in [-0.15, -0.1) is 0 Å². The fraction of sp³-hybridized carbons (Fsp3) is 0.333. The van der Waals surface area contributed by atoms with Crippen LogP contribution in [0.2, 0.25) is 0 Å². The Morgan fingerprint density at radius 1 is 1.40 bits per heavy atom. The summed E-state index contributed by atoms with van der Waals surface area (Å²) in [5.74, 6) is -0.880. The maximum atomic E-state index is 15.0. The maximum Gasteiger partial charge on any atom is 0.235 e. The van der Waals surface area contributed by atoms with Gasteiger partial charge in [-0.05, 0) is 37.6 Å². The number of rotatable bonds is 3. The minimum Gasteiger partial charge on any atom is -0.440 e.